The topological polar surface area (TPSA) is 0 Å². The lowest BCUT2D eigenvalue weighted by atomic mass is 9.67. The molecule has 16 heavy (non-hydrogen) atoms. The highest BCUT2D eigenvalue weighted by Crippen LogP contribution is 2.42. The van der Waals surface area contributed by atoms with Crippen molar-refractivity contribution in [1.29, 1.82) is 0 Å². The van der Waals surface area contributed by atoms with Crippen molar-refractivity contribution in [3.05, 3.63) is 0 Å². The molecular weight excluding hydrogens is 212 g/mol. The summed E-state index contributed by atoms with van der Waals surface area (Å²) in [6, 6.07) is 0. The van der Waals surface area contributed by atoms with Crippen LogP contribution in [0.25, 0.3) is 0 Å². The highest BCUT2D eigenvalue weighted by molar-refractivity contribution is 7.98. The molecule has 0 bridgehead atoms. The SMILES string of the molecule is CCC(C)(C)C(C)CC(C)(C)C(C)CSC. The monoisotopic (exact) mass is 244 g/mol. The zero-order valence-corrected chi connectivity index (χ0v) is 13.5. The molecule has 0 saturated carbocycles. The van der Waals surface area contributed by atoms with Gasteiger partial charge in [-0.25, -0.2) is 0 Å². The first-order valence-corrected chi connectivity index (χ1v) is 8.05. The van der Waals surface area contributed by atoms with E-state index in [2.05, 4.69) is 54.7 Å². The highest BCUT2D eigenvalue weighted by atomic mass is 32.2. The molecule has 0 aromatic carbocycles. The summed E-state index contributed by atoms with van der Waals surface area (Å²) in [5.41, 5.74) is 0.950. The fourth-order valence-corrected chi connectivity index (χ4v) is 3.04. The lowest BCUT2D eigenvalue weighted by molar-refractivity contribution is 0.118. The fraction of sp³-hybridized carbons (Fsp3) is 1.00. The third-order valence-electron chi connectivity index (χ3n) is 4.83. The van der Waals surface area contributed by atoms with E-state index in [4.69, 9.17) is 0 Å². The molecule has 0 N–H and O–H groups in total. The Kier molecular flexibility index (Phi) is 6.47. The summed E-state index contributed by atoms with van der Waals surface area (Å²) in [6.07, 6.45) is 4.84. The second-order valence-corrected chi connectivity index (χ2v) is 7.70. The predicted molar refractivity (Wildman–Crippen MR) is 79.2 cm³/mol. The molecule has 0 rings (SSSR count). The van der Waals surface area contributed by atoms with Crippen LogP contribution in [0.5, 0.6) is 0 Å². The molecule has 0 nitrogen and oxygen atoms in total. The van der Waals surface area contributed by atoms with Crippen LogP contribution in [0.15, 0.2) is 0 Å². The van der Waals surface area contributed by atoms with Crippen molar-refractivity contribution in [2.45, 2.75) is 61.3 Å². The Bertz CT molecular complexity index is 194. The summed E-state index contributed by atoms with van der Waals surface area (Å²) in [6.45, 7) is 16.8. The van der Waals surface area contributed by atoms with Gasteiger partial charge in [0.2, 0.25) is 0 Å². The molecule has 0 aliphatic carbocycles. The number of hydrogen-bond acceptors (Lipinski definition) is 1. The maximum Gasteiger partial charge on any atom is -0.00394 e. The van der Waals surface area contributed by atoms with Gasteiger partial charge in [-0.3, -0.25) is 0 Å². The van der Waals surface area contributed by atoms with E-state index in [1.807, 2.05) is 11.8 Å². The van der Waals surface area contributed by atoms with Crippen LogP contribution in [0.1, 0.15) is 61.3 Å². The quantitative estimate of drug-likeness (QED) is 0.572. The van der Waals surface area contributed by atoms with Gasteiger partial charge in [0.15, 0.2) is 0 Å². The van der Waals surface area contributed by atoms with Crippen molar-refractivity contribution in [3.63, 3.8) is 0 Å². The second kappa shape index (κ2) is 6.33. The standard InChI is InChI=1S/C15H32S/c1-9-14(4,5)12(2)10-15(6,7)13(3)11-16-8/h12-13H,9-11H2,1-8H3. The maximum absolute atomic E-state index is 2.44. The minimum Gasteiger partial charge on any atom is -0.165 e. The van der Waals surface area contributed by atoms with Crippen LogP contribution >= 0.6 is 11.8 Å². The van der Waals surface area contributed by atoms with E-state index < -0.39 is 0 Å². The largest absolute Gasteiger partial charge is 0.165 e. The Morgan fingerprint density at radius 2 is 1.44 bits per heavy atom. The maximum atomic E-state index is 2.44. The Labute approximate surface area is 108 Å². The van der Waals surface area contributed by atoms with E-state index in [0.29, 0.717) is 10.8 Å². The van der Waals surface area contributed by atoms with Gasteiger partial charge in [-0.15, -0.1) is 0 Å². The van der Waals surface area contributed by atoms with Gasteiger partial charge in [0.25, 0.3) is 0 Å². The number of rotatable bonds is 7. The first-order chi connectivity index (χ1) is 7.17. The molecule has 2 unspecified atom stereocenters. The molecule has 2 atom stereocenters. The molecule has 0 heterocycles. The number of thioether (sulfide) groups is 1. The molecule has 0 radical (unpaired) electrons. The van der Waals surface area contributed by atoms with Crippen LogP contribution in [-0.4, -0.2) is 12.0 Å². The minimum atomic E-state index is 0.467. The zero-order valence-electron chi connectivity index (χ0n) is 12.7. The van der Waals surface area contributed by atoms with Gasteiger partial charge in [-0.1, -0.05) is 54.9 Å². The van der Waals surface area contributed by atoms with E-state index in [1.165, 1.54) is 18.6 Å². The van der Waals surface area contributed by atoms with E-state index in [0.717, 1.165) is 11.8 Å². The third-order valence-corrected chi connectivity index (χ3v) is 5.66. The molecule has 0 aromatic rings. The van der Waals surface area contributed by atoms with Gasteiger partial charge in [0.1, 0.15) is 0 Å². The van der Waals surface area contributed by atoms with Crippen LogP contribution in [0.2, 0.25) is 0 Å². The van der Waals surface area contributed by atoms with Crippen LogP contribution in [-0.2, 0) is 0 Å². The zero-order chi connectivity index (χ0) is 13.0. The Balaban J connectivity index is 4.46. The van der Waals surface area contributed by atoms with Crippen LogP contribution in [0.3, 0.4) is 0 Å². The van der Waals surface area contributed by atoms with E-state index in [-0.39, 0.29) is 0 Å². The van der Waals surface area contributed by atoms with E-state index in [1.54, 1.807) is 0 Å². The molecule has 0 aromatic heterocycles. The smallest absolute Gasteiger partial charge is 0.00394 e. The summed E-state index contributed by atoms with van der Waals surface area (Å²) >= 11 is 1.98. The molecule has 1 heteroatoms. The normalized spacial score (nSPS) is 17.2. The average molecular weight is 244 g/mol. The molecule has 0 amide bonds. The van der Waals surface area contributed by atoms with Gasteiger partial charge in [-0.2, -0.15) is 11.8 Å². The lowest BCUT2D eigenvalue weighted by Gasteiger charge is -2.40. The lowest BCUT2D eigenvalue weighted by Crippen LogP contribution is -2.31. The van der Waals surface area contributed by atoms with Crippen molar-refractivity contribution in [3.8, 4) is 0 Å². The van der Waals surface area contributed by atoms with Crippen LogP contribution < -0.4 is 0 Å². The molecule has 0 fully saturated rings. The summed E-state index contributed by atoms with van der Waals surface area (Å²) < 4.78 is 0. The van der Waals surface area contributed by atoms with Crippen LogP contribution in [0, 0.1) is 22.7 Å². The third kappa shape index (κ3) is 4.69. The van der Waals surface area contributed by atoms with Crippen molar-refractivity contribution >= 4 is 11.8 Å². The summed E-state index contributed by atoms with van der Waals surface area (Å²) in [5, 5.41) is 0. The second-order valence-electron chi connectivity index (χ2n) is 6.79. The molecular formula is C15H32S. The van der Waals surface area contributed by atoms with Crippen molar-refractivity contribution in [2.75, 3.05) is 12.0 Å². The minimum absolute atomic E-state index is 0.467. The Morgan fingerprint density at radius 3 is 1.81 bits per heavy atom. The van der Waals surface area contributed by atoms with Crippen LogP contribution in [0.4, 0.5) is 0 Å². The summed E-state index contributed by atoms with van der Waals surface area (Å²) in [4.78, 5) is 0. The first kappa shape index (κ1) is 16.4. The molecule has 98 valence electrons. The number of hydrogen-bond donors (Lipinski definition) is 0. The van der Waals surface area contributed by atoms with Gasteiger partial charge < -0.3 is 0 Å². The Morgan fingerprint density at radius 1 is 0.938 bits per heavy atom. The molecule has 0 aliphatic rings. The Hall–Kier alpha value is 0.350. The highest BCUT2D eigenvalue weighted by Gasteiger charge is 2.32. The van der Waals surface area contributed by atoms with Crippen molar-refractivity contribution < 1.29 is 0 Å². The summed E-state index contributed by atoms with van der Waals surface area (Å²) in [7, 11) is 0. The van der Waals surface area contributed by atoms with Gasteiger partial charge in [-0.05, 0) is 41.1 Å². The summed E-state index contributed by atoms with van der Waals surface area (Å²) in [5.74, 6) is 2.89. The molecule has 0 aliphatic heterocycles. The predicted octanol–water partition coefficient (Wildman–Crippen LogP) is 5.47. The van der Waals surface area contributed by atoms with Gasteiger partial charge in [0, 0.05) is 0 Å². The van der Waals surface area contributed by atoms with Crippen molar-refractivity contribution in [2.24, 2.45) is 22.7 Å². The van der Waals surface area contributed by atoms with E-state index in [9.17, 15) is 0 Å². The molecule has 0 spiro atoms. The average Bonchev–Trinajstić information content (AvgIpc) is 2.17. The first-order valence-electron chi connectivity index (χ1n) is 6.66. The van der Waals surface area contributed by atoms with E-state index >= 15 is 0 Å². The van der Waals surface area contributed by atoms with Gasteiger partial charge >= 0.3 is 0 Å². The van der Waals surface area contributed by atoms with Gasteiger partial charge in [0.05, 0.1) is 0 Å². The fourth-order valence-electron chi connectivity index (χ4n) is 2.09. The van der Waals surface area contributed by atoms with Crippen molar-refractivity contribution in [1.82, 2.24) is 0 Å². The molecule has 0 saturated heterocycles.